The van der Waals surface area contributed by atoms with Gasteiger partial charge >= 0.3 is 0 Å². The maximum atomic E-state index is 13.4. The number of rotatable bonds is 6. The van der Waals surface area contributed by atoms with Gasteiger partial charge in [0.15, 0.2) is 17.5 Å². The highest BCUT2D eigenvalue weighted by Crippen LogP contribution is 2.31. The van der Waals surface area contributed by atoms with Crippen LogP contribution in [0.3, 0.4) is 0 Å². The Bertz CT molecular complexity index is 1210. The highest BCUT2D eigenvalue weighted by molar-refractivity contribution is 7.13. The number of carbonyl (C=O) groups is 1. The lowest BCUT2D eigenvalue weighted by Gasteiger charge is -2.08. The van der Waals surface area contributed by atoms with Crippen molar-refractivity contribution in [2.75, 3.05) is 19.0 Å². The first-order chi connectivity index (χ1) is 14.5. The number of hydrogen-bond donors (Lipinski definition) is 1. The SMILES string of the molecule is COCCn1c(-c2nc(C(=O)Nc3cc(F)c(F)c(F)c3)cs2)cc2ccccc21. The van der Waals surface area contributed by atoms with E-state index in [0.717, 1.165) is 16.6 Å². The predicted octanol–water partition coefficient (Wildman–Crippen LogP) is 5.08. The van der Waals surface area contributed by atoms with Crippen LogP contribution in [0.15, 0.2) is 47.8 Å². The quantitative estimate of drug-likeness (QED) is 0.433. The summed E-state index contributed by atoms with van der Waals surface area (Å²) in [6, 6.07) is 11.3. The van der Waals surface area contributed by atoms with Crippen molar-refractivity contribution in [3.63, 3.8) is 0 Å². The molecule has 0 bridgehead atoms. The van der Waals surface area contributed by atoms with E-state index in [9.17, 15) is 18.0 Å². The summed E-state index contributed by atoms with van der Waals surface area (Å²) in [4.78, 5) is 16.8. The van der Waals surface area contributed by atoms with Crippen LogP contribution in [0.5, 0.6) is 0 Å². The Morgan fingerprint density at radius 3 is 2.63 bits per heavy atom. The number of para-hydroxylation sites is 1. The first-order valence-electron chi connectivity index (χ1n) is 8.97. The Balaban J connectivity index is 1.63. The molecule has 2 aromatic carbocycles. The summed E-state index contributed by atoms with van der Waals surface area (Å²) in [5.74, 6) is -5.01. The van der Waals surface area contributed by atoms with Gasteiger partial charge in [0.05, 0.1) is 12.3 Å². The van der Waals surface area contributed by atoms with Crippen LogP contribution in [0.25, 0.3) is 21.6 Å². The number of ether oxygens (including phenoxy) is 1. The molecule has 0 aliphatic rings. The van der Waals surface area contributed by atoms with Crippen molar-refractivity contribution in [3.05, 3.63) is 71.0 Å². The lowest BCUT2D eigenvalue weighted by molar-refractivity contribution is 0.102. The monoisotopic (exact) mass is 431 g/mol. The number of anilines is 1. The maximum Gasteiger partial charge on any atom is 0.275 e. The molecule has 154 valence electrons. The molecular formula is C21H16F3N3O2S. The van der Waals surface area contributed by atoms with Gasteiger partial charge in [-0.3, -0.25) is 4.79 Å². The lowest BCUT2D eigenvalue weighted by Crippen LogP contribution is -2.13. The summed E-state index contributed by atoms with van der Waals surface area (Å²) >= 11 is 1.27. The molecule has 0 aliphatic heterocycles. The predicted molar refractivity (Wildman–Crippen MR) is 109 cm³/mol. The number of aromatic nitrogens is 2. The molecule has 9 heteroatoms. The molecule has 2 aromatic heterocycles. The molecule has 0 saturated carbocycles. The van der Waals surface area contributed by atoms with Gasteiger partial charge in [-0.2, -0.15) is 0 Å². The number of nitrogens with zero attached hydrogens (tertiary/aromatic N) is 2. The Morgan fingerprint density at radius 2 is 1.90 bits per heavy atom. The van der Waals surface area contributed by atoms with Gasteiger partial charge in [-0.05, 0) is 12.1 Å². The molecule has 0 unspecified atom stereocenters. The maximum absolute atomic E-state index is 13.4. The number of nitrogens with one attached hydrogen (secondary N) is 1. The summed E-state index contributed by atoms with van der Waals surface area (Å²) in [6.07, 6.45) is 0. The van der Waals surface area contributed by atoms with Gasteiger partial charge < -0.3 is 14.6 Å². The molecule has 0 spiro atoms. The van der Waals surface area contributed by atoms with Crippen LogP contribution < -0.4 is 5.32 Å². The minimum atomic E-state index is -1.59. The molecule has 0 fully saturated rings. The number of fused-ring (bicyclic) bond motifs is 1. The summed E-state index contributed by atoms with van der Waals surface area (Å²) in [7, 11) is 1.62. The van der Waals surface area contributed by atoms with Crippen molar-refractivity contribution in [2.45, 2.75) is 6.54 Å². The van der Waals surface area contributed by atoms with Gasteiger partial charge in [-0.25, -0.2) is 18.2 Å². The number of thiazole rings is 1. The van der Waals surface area contributed by atoms with Crippen molar-refractivity contribution in [2.24, 2.45) is 0 Å². The number of amides is 1. The third kappa shape index (κ3) is 3.81. The van der Waals surface area contributed by atoms with Crippen molar-refractivity contribution >= 4 is 33.8 Å². The van der Waals surface area contributed by atoms with Crippen LogP contribution in [0, 0.1) is 17.5 Å². The second-order valence-corrected chi connectivity index (χ2v) is 7.34. The minimum absolute atomic E-state index is 0.0867. The third-order valence-electron chi connectivity index (χ3n) is 4.53. The molecule has 4 aromatic rings. The lowest BCUT2D eigenvalue weighted by atomic mass is 10.2. The number of halogens is 3. The van der Waals surface area contributed by atoms with Crippen molar-refractivity contribution in [1.29, 1.82) is 0 Å². The fraction of sp³-hybridized carbons (Fsp3) is 0.143. The largest absolute Gasteiger partial charge is 0.383 e. The van der Waals surface area contributed by atoms with E-state index >= 15 is 0 Å². The highest BCUT2D eigenvalue weighted by Gasteiger charge is 2.18. The van der Waals surface area contributed by atoms with Crippen molar-refractivity contribution in [3.8, 4) is 10.7 Å². The molecule has 4 rings (SSSR count). The van der Waals surface area contributed by atoms with Gasteiger partial charge in [-0.1, -0.05) is 18.2 Å². The zero-order valence-corrected chi connectivity index (χ0v) is 16.6. The average molecular weight is 431 g/mol. The molecule has 1 N–H and O–H groups in total. The molecule has 0 atom stereocenters. The van der Waals surface area contributed by atoms with E-state index in [1.54, 1.807) is 12.5 Å². The Labute approximate surface area is 173 Å². The van der Waals surface area contributed by atoms with Crippen LogP contribution in [-0.4, -0.2) is 29.2 Å². The molecule has 0 saturated heterocycles. The van der Waals surface area contributed by atoms with E-state index in [0.29, 0.717) is 30.3 Å². The summed E-state index contributed by atoms with van der Waals surface area (Å²) in [5, 5.41) is 5.54. The average Bonchev–Trinajstić information content (AvgIpc) is 3.35. The zero-order chi connectivity index (χ0) is 21.3. The number of methoxy groups -OCH3 is 1. The van der Waals surface area contributed by atoms with E-state index in [-0.39, 0.29) is 11.4 Å². The topological polar surface area (TPSA) is 56.2 Å². The van der Waals surface area contributed by atoms with Gasteiger partial charge in [0, 0.05) is 47.8 Å². The standard InChI is InChI=1S/C21H16F3N3O2S/c1-29-7-6-27-17-5-3-2-4-12(17)8-18(27)21-26-16(11-30-21)20(28)25-13-9-14(22)19(24)15(23)10-13/h2-5,8-11H,6-7H2,1H3,(H,25,28). The summed E-state index contributed by atoms with van der Waals surface area (Å²) < 4.78 is 47.1. The van der Waals surface area contributed by atoms with Crippen LogP contribution in [-0.2, 0) is 11.3 Å². The van der Waals surface area contributed by atoms with Crippen LogP contribution in [0.1, 0.15) is 10.5 Å². The number of hydrogen-bond acceptors (Lipinski definition) is 4. The summed E-state index contributed by atoms with van der Waals surface area (Å²) in [5.41, 5.74) is 1.74. The van der Waals surface area contributed by atoms with Crippen LogP contribution in [0.4, 0.5) is 18.9 Å². The van der Waals surface area contributed by atoms with Gasteiger partial charge in [0.2, 0.25) is 0 Å². The first kappa shape index (κ1) is 20.1. The second-order valence-electron chi connectivity index (χ2n) is 6.48. The second kappa shape index (κ2) is 8.29. The van der Waals surface area contributed by atoms with Crippen molar-refractivity contribution in [1.82, 2.24) is 9.55 Å². The van der Waals surface area contributed by atoms with Gasteiger partial charge in [0.1, 0.15) is 10.7 Å². The molecule has 5 nitrogen and oxygen atoms in total. The normalized spacial score (nSPS) is 11.2. The van der Waals surface area contributed by atoms with Gasteiger partial charge in [0.25, 0.3) is 5.91 Å². The van der Waals surface area contributed by atoms with E-state index < -0.39 is 23.4 Å². The zero-order valence-electron chi connectivity index (χ0n) is 15.8. The molecule has 0 aliphatic carbocycles. The van der Waals surface area contributed by atoms with Gasteiger partial charge in [-0.15, -0.1) is 11.3 Å². The summed E-state index contributed by atoms with van der Waals surface area (Å²) in [6.45, 7) is 1.11. The molecule has 2 heterocycles. The first-order valence-corrected chi connectivity index (χ1v) is 9.85. The number of benzene rings is 2. The van der Waals surface area contributed by atoms with Crippen LogP contribution in [0.2, 0.25) is 0 Å². The molecule has 1 amide bonds. The Morgan fingerprint density at radius 1 is 1.17 bits per heavy atom. The Hall–Kier alpha value is -3.17. The van der Waals surface area contributed by atoms with Crippen molar-refractivity contribution < 1.29 is 22.7 Å². The minimum Gasteiger partial charge on any atom is -0.383 e. The molecule has 0 radical (unpaired) electrons. The molecule has 30 heavy (non-hydrogen) atoms. The van der Waals surface area contributed by atoms with E-state index in [1.165, 1.54) is 11.3 Å². The smallest absolute Gasteiger partial charge is 0.275 e. The fourth-order valence-electron chi connectivity index (χ4n) is 3.13. The van der Waals surface area contributed by atoms with E-state index in [2.05, 4.69) is 14.9 Å². The van der Waals surface area contributed by atoms with Crippen LogP contribution >= 0.6 is 11.3 Å². The Kier molecular flexibility index (Phi) is 5.56. The number of carbonyl (C=O) groups excluding carboxylic acids is 1. The van der Waals surface area contributed by atoms with E-state index in [1.807, 2.05) is 30.3 Å². The third-order valence-corrected chi connectivity index (χ3v) is 5.39. The fourth-order valence-corrected chi connectivity index (χ4v) is 3.95. The van der Waals surface area contributed by atoms with E-state index in [4.69, 9.17) is 4.74 Å². The highest BCUT2D eigenvalue weighted by atomic mass is 32.1. The molecular weight excluding hydrogens is 415 g/mol.